The van der Waals surface area contributed by atoms with Crippen LogP contribution in [0.5, 0.6) is 0 Å². The number of nitrogens with one attached hydrogen (secondary N) is 1. The van der Waals surface area contributed by atoms with Crippen molar-refractivity contribution in [3.05, 3.63) is 57.2 Å². The number of halogens is 1. The van der Waals surface area contributed by atoms with Crippen molar-refractivity contribution in [1.82, 2.24) is 5.32 Å². The largest absolute Gasteiger partial charge is 0.350 e. The van der Waals surface area contributed by atoms with E-state index in [2.05, 4.69) is 12.2 Å². The molecule has 1 aromatic heterocycles. The Bertz CT molecular complexity index is 568. The minimum atomic E-state index is -0.0874. The molecule has 5 heteroatoms. The lowest BCUT2D eigenvalue weighted by molar-refractivity contribution is -0.120. The maximum absolute atomic E-state index is 12.1. The smallest absolute Gasteiger partial charge is 0.233 e. The Balaban J connectivity index is 1.83. The van der Waals surface area contributed by atoms with Gasteiger partial charge in [0.2, 0.25) is 5.91 Å². The summed E-state index contributed by atoms with van der Waals surface area (Å²) in [6.45, 7) is 4.66. The lowest BCUT2D eigenvalue weighted by Gasteiger charge is -2.17. The van der Waals surface area contributed by atoms with Gasteiger partial charge < -0.3 is 5.32 Å². The molecule has 1 aromatic carbocycles. The summed E-state index contributed by atoms with van der Waals surface area (Å²) in [6.07, 6.45) is 0. The molecule has 0 fully saturated rings. The van der Waals surface area contributed by atoms with E-state index in [1.54, 1.807) is 23.1 Å². The van der Waals surface area contributed by atoms with E-state index in [9.17, 15) is 4.79 Å². The van der Waals surface area contributed by atoms with Crippen LogP contribution in [-0.2, 0) is 11.3 Å². The maximum Gasteiger partial charge on any atom is 0.233 e. The number of benzene rings is 1. The van der Waals surface area contributed by atoms with Crippen LogP contribution in [0.4, 0.5) is 0 Å². The number of hydrogen-bond acceptors (Lipinski definition) is 3. The van der Waals surface area contributed by atoms with Gasteiger partial charge in [-0.25, -0.2) is 0 Å². The fourth-order valence-electron chi connectivity index (χ4n) is 1.91. The molecule has 2 nitrogen and oxygen atoms in total. The van der Waals surface area contributed by atoms with Crippen molar-refractivity contribution >= 4 is 40.6 Å². The molecule has 1 amide bonds. The van der Waals surface area contributed by atoms with Gasteiger partial charge in [-0.2, -0.15) is 0 Å². The van der Waals surface area contributed by atoms with Crippen LogP contribution >= 0.6 is 34.7 Å². The molecule has 1 N–H and O–H groups in total. The van der Waals surface area contributed by atoms with Crippen LogP contribution in [0.3, 0.4) is 0 Å². The molecule has 0 aliphatic carbocycles. The van der Waals surface area contributed by atoms with Crippen LogP contribution in [0.2, 0.25) is 5.02 Å². The summed E-state index contributed by atoms with van der Waals surface area (Å²) >= 11 is 9.20. The van der Waals surface area contributed by atoms with Crippen molar-refractivity contribution in [2.45, 2.75) is 30.9 Å². The van der Waals surface area contributed by atoms with Crippen LogP contribution < -0.4 is 5.32 Å². The van der Waals surface area contributed by atoms with E-state index in [0.29, 0.717) is 6.54 Å². The predicted octanol–water partition coefficient (Wildman–Crippen LogP) is 4.90. The van der Waals surface area contributed by atoms with Gasteiger partial charge in [0, 0.05) is 15.1 Å². The number of thioether (sulfide) groups is 1. The van der Waals surface area contributed by atoms with Gasteiger partial charge in [-0.3, -0.25) is 4.79 Å². The third-order valence-electron chi connectivity index (χ3n) is 3.13. The quantitative estimate of drug-likeness (QED) is 0.810. The van der Waals surface area contributed by atoms with E-state index in [4.69, 9.17) is 11.6 Å². The molecular formula is C16H18ClNOS2. The Morgan fingerprint density at radius 2 is 2.00 bits per heavy atom. The average molecular weight is 340 g/mol. The Morgan fingerprint density at radius 1 is 1.29 bits per heavy atom. The lowest BCUT2D eigenvalue weighted by atomic mass is 10.2. The van der Waals surface area contributed by atoms with Crippen LogP contribution in [0.15, 0.2) is 41.8 Å². The van der Waals surface area contributed by atoms with Crippen molar-refractivity contribution in [3.63, 3.8) is 0 Å². The Labute approximate surface area is 138 Å². The first-order valence-electron chi connectivity index (χ1n) is 6.77. The molecule has 21 heavy (non-hydrogen) atoms. The molecule has 2 unspecified atom stereocenters. The predicted molar refractivity (Wildman–Crippen MR) is 93.1 cm³/mol. The van der Waals surface area contributed by atoms with Gasteiger partial charge in [-0.1, -0.05) is 29.8 Å². The summed E-state index contributed by atoms with van der Waals surface area (Å²) in [5, 5.41) is 5.90. The van der Waals surface area contributed by atoms with Crippen LogP contribution in [-0.4, -0.2) is 11.2 Å². The monoisotopic (exact) mass is 339 g/mol. The molecule has 0 saturated carbocycles. The highest BCUT2D eigenvalue weighted by Crippen LogP contribution is 2.32. The van der Waals surface area contributed by atoms with Gasteiger partial charge in [0.1, 0.15) is 0 Å². The minimum Gasteiger partial charge on any atom is -0.350 e. The highest BCUT2D eigenvalue weighted by atomic mass is 35.5. The van der Waals surface area contributed by atoms with Crippen LogP contribution in [0.25, 0.3) is 0 Å². The lowest BCUT2D eigenvalue weighted by Crippen LogP contribution is -2.30. The zero-order valence-electron chi connectivity index (χ0n) is 12.0. The number of carbonyl (C=O) groups is 1. The van der Waals surface area contributed by atoms with E-state index in [1.807, 2.05) is 48.7 Å². The average Bonchev–Trinajstić information content (AvgIpc) is 2.98. The third kappa shape index (κ3) is 5.06. The second-order valence-electron chi connectivity index (χ2n) is 4.77. The summed E-state index contributed by atoms with van der Waals surface area (Å²) in [4.78, 5) is 13.3. The summed E-state index contributed by atoms with van der Waals surface area (Å²) in [5.41, 5.74) is 1.18. The van der Waals surface area contributed by atoms with E-state index < -0.39 is 0 Å². The highest BCUT2D eigenvalue weighted by molar-refractivity contribution is 8.00. The fourth-order valence-corrected chi connectivity index (χ4v) is 3.82. The summed E-state index contributed by atoms with van der Waals surface area (Å²) in [7, 11) is 0. The van der Waals surface area contributed by atoms with Crippen LogP contribution in [0, 0.1) is 0 Å². The maximum atomic E-state index is 12.1. The van der Waals surface area contributed by atoms with E-state index in [0.717, 1.165) is 5.02 Å². The zero-order chi connectivity index (χ0) is 15.2. The molecule has 0 spiro atoms. The topological polar surface area (TPSA) is 29.1 Å². The van der Waals surface area contributed by atoms with Crippen molar-refractivity contribution in [3.8, 4) is 0 Å². The van der Waals surface area contributed by atoms with Gasteiger partial charge in [0.25, 0.3) is 0 Å². The molecule has 2 rings (SSSR count). The second-order valence-corrected chi connectivity index (χ2v) is 7.92. The molecular weight excluding hydrogens is 322 g/mol. The number of hydrogen-bond donors (Lipinski definition) is 1. The van der Waals surface area contributed by atoms with Crippen molar-refractivity contribution in [2.75, 3.05) is 0 Å². The van der Waals surface area contributed by atoms with Gasteiger partial charge in [0.05, 0.1) is 11.8 Å². The summed E-state index contributed by atoms with van der Waals surface area (Å²) in [5.74, 6) is 0.0780. The molecule has 2 atom stereocenters. The molecule has 0 aliphatic heterocycles. The number of thiophene rings is 1. The Morgan fingerprint density at radius 3 is 2.62 bits per heavy atom. The first kappa shape index (κ1) is 16.4. The van der Waals surface area contributed by atoms with E-state index in [1.165, 1.54) is 10.4 Å². The normalized spacial score (nSPS) is 13.7. The SMILES string of the molecule is CC(SC(C)c1ccc(Cl)cc1)C(=O)NCc1cccs1. The first-order valence-corrected chi connectivity index (χ1v) is 8.97. The summed E-state index contributed by atoms with van der Waals surface area (Å²) < 4.78 is 0. The second kappa shape index (κ2) is 7.87. The number of carbonyl (C=O) groups excluding carboxylic acids is 1. The highest BCUT2D eigenvalue weighted by Gasteiger charge is 2.17. The molecule has 112 valence electrons. The van der Waals surface area contributed by atoms with Gasteiger partial charge in [-0.15, -0.1) is 23.1 Å². The Hall–Kier alpha value is -0.970. The van der Waals surface area contributed by atoms with Crippen molar-refractivity contribution in [1.29, 1.82) is 0 Å². The number of rotatable bonds is 6. The van der Waals surface area contributed by atoms with Gasteiger partial charge in [-0.05, 0) is 43.0 Å². The van der Waals surface area contributed by atoms with Crippen molar-refractivity contribution < 1.29 is 4.79 Å². The molecule has 0 bridgehead atoms. The van der Waals surface area contributed by atoms with Gasteiger partial charge >= 0.3 is 0 Å². The third-order valence-corrected chi connectivity index (χ3v) is 5.56. The summed E-state index contributed by atoms with van der Waals surface area (Å²) in [6, 6.07) is 11.8. The number of amides is 1. The first-order chi connectivity index (χ1) is 10.1. The molecule has 0 radical (unpaired) electrons. The molecule has 2 aromatic rings. The van der Waals surface area contributed by atoms with E-state index in [-0.39, 0.29) is 16.4 Å². The molecule has 1 heterocycles. The van der Waals surface area contributed by atoms with Crippen molar-refractivity contribution in [2.24, 2.45) is 0 Å². The minimum absolute atomic E-state index is 0.0780. The standard InChI is InChI=1S/C16H18ClNOS2/c1-11(13-5-7-14(17)8-6-13)21-12(2)16(19)18-10-15-4-3-9-20-15/h3-9,11-12H,10H2,1-2H3,(H,18,19). The van der Waals surface area contributed by atoms with Crippen LogP contribution in [0.1, 0.15) is 29.5 Å². The fraction of sp³-hybridized carbons (Fsp3) is 0.312. The Kier molecular flexibility index (Phi) is 6.15. The van der Waals surface area contributed by atoms with Gasteiger partial charge in [0.15, 0.2) is 0 Å². The zero-order valence-corrected chi connectivity index (χ0v) is 14.4. The molecule has 0 aliphatic rings. The molecule has 0 saturated heterocycles. The van der Waals surface area contributed by atoms with E-state index >= 15 is 0 Å².